The molecule has 0 heterocycles. The van der Waals surface area contributed by atoms with Crippen LogP contribution in [0.3, 0.4) is 0 Å². The molecule has 1 rings (SSSR count). The molecule has 0 aliphatic heterocycles. The number of carbonyl (C=O) groups is 1. The summed E-state index contributed by atoms with van der Waals surface area (Å²) < 4.78 is 5.06. The van der Waals surface area contributed by atoms with Crippen molar-refractivity contribution in [3.63, 3.8) is 0 Å². The Balaban J connectivity index is 3.06. The van der Waals surface area contributed by atoms with Gasteiger partial charge in [0.1, 0.15) is 0 Å². The number of esters is 1. The third kappa shape index (κ3) is 3.20. The predicted octanol–water partition coefficient (Wildman–Crippen LogP) is 2.54. The highest BCUT2D eigenvalue weighted by molar-refractivity contribution is 6.30. The monoisotopic (exact) mass is 256 g/mol. The molecular weight excluding hydrogens is 240 g/mol. The molecule has 1 atom stereocenters. The van der Waals surface area contributed by atoms with Crippen molar-refractivity contribution >= 4 is 17.6 Å². The minimum Gasteiger partial charge on any atom is -0.465 e. The Bertz CT molecular complexity index is 375. The van der Waals surface area contributed by atoms with Gasteiger partial charge in [-0.05, 0) is 38.0 Å². The van der Waals surface area contributed by atoms with Gasteiger partial charge in [0.2, 0.25) is 0 Å². The minimum absolute atomic E-state index is 0.0715. The molecule has 0 aromatic heterocycles. The highest BCUT2D eigenvalue weighted by Crippen LogP contribution is 2.30. The molecule has 0 aliphatic carbocycles. The van der Waals surface area contributed by atoms with E-state index < -0.39 is 5.41 Å². The van der Waals surface area contributed by atoms with Gasteiger partial charge in [0.15, 0.2) is 0 Å². The zero-order valence-corrected chi connectivity index (χ0v) is 10.8. The van der Waals surface area contributed by atoms with E-state index in [4.69, 9.17) is 21.4 Å². The van der Waals surface area contributed by atoms with Crippen LogP contribution in [0.1, 0.15) is 25.8 Å². The molecule has 94 valence electrons. The fourth-order valence-electron chi connectivity index (χ4n) is 1.70. The first-order valence-corrected chi connectivity index (χ1v) is 5.96. The van der Waals surface area contributed by atoms with Crippen LogP contribution in [0.4, 0.5) is 0 Å². The van der Waals surface area contributed by atoms with Crippen molar-refractivity contribution < 1.29 is 14.6 Å². The average molecular weight is 257 g/mol. The molecule has 0 amide bonds. The first-order chi connectivity index (χ1) is 8.04. The van der Waals surface area contributed by atoms with Gasteiger partial charge in [0.25, 0.3) is 0 Å². The van der Waals surface area contributed by atoms with Crippen LogP contribution in [0.5, 0.6) is 0 Å². The van der Waals surface area contributed by atoms with Crippen molar-refractivity contribution in [3.8, 4) is 0 Å². The summed E-state index contributed by atoms with van der Waals surface area (Å²) >= 11 is 5.81. The summed E-state index contributed by atoms with van der Waals surface area (Å²) in [4.78, 5) is 12.0. The van der Waals surface area contributed by atoms with Crippen LogP contribution in [-0.2, 0) is 14.9 Å². The summed E-state index contributed by atoms with van der Waals surface area (Å²) in [5, 5.41) is 9.72. The first-order valence-electron chi connectivity index (χ1n) is 5.58. The van der Waals surface area contributed by atoms with Crippen molar-refractivity contribution in [1.29, 1.82) is 0 Å². The number of ether oxygens (including phenoxy) is 1. The molecule has 0 aliphatic rings. The lowest BCUT2D eigenvalue weighted by atomic mass is 9.80. The number of hydrogen-bond acceptors (Lipinski definition) is 3. The molecule has 0 bridgehead atoms. The summed E-state index contributed by atoms with van der Waals surface area (Å²) in [7, 11) is 0. The lowest BCUT2D eigenvalue weighted by molar-refractivity contribution is -0.150. The van der Waals surface area contributed by atoms with Gasteiger partial charge >= 0.3 is 5.97 Å². The van der Waals surface area contributed by atoms with Crippen LogP contribution in [0, 0.1) is 0 Å². The molecule has 1 N–H and O–H groups in total. The maximum Gasteiger partial charge on any atom is 0.316 e. The average Bonchev–Trinajstić information content (AvgIpc) is 2.30. The molecule has 0 spiro atoms. The van der Waals surface area contributed by atoms with Crippen molar-refractivity contribution in [3.05, 3.63) is 34.9 Å². The fourth-order valence-corrected chi connectivity index (χ4v) is 1.82. The molecule has 1 aromatic rings. The molecular formula is C13H17ClO3. The topological polar surface area (TPSA) is 46.5 Å². The van der Waals surface area contributed by atoms with Gasteiger partial charge in [0, 0.05) is 11.6 Å². The number of aliphatic hydroxyl groups is 1. The summed E-state index contributed by atoms with van der Waals surface area (Å²) in [6, 6.07) is 7.03. The van der Waals surface area contributed by atoms with Crippen molar-refractivity contribution in [2.24, 2.45) is 0 Å². The van der Waals surface area contributed by atoms with Crippen LogP contribution in [-0.4, -0.2) is 24.3 Å². The van der Waals surface area contributed by atoms with Crippen molar-refractivity contribution in [2.45, 2.75) is 25.7 Å². The number of rotatable bonds is 5. The standard InChI is InChI=1S/C13H17ClO3/c1-3-17-12(16)13(2,8-9-15)10-4-6-11(14)7-5-10/h4-7,15H,3,8-9H2,1-2H3. The largest absolute Gasteiger partial charge is 0.465 e. The van der Waals surface area contributed by atoms with Crippen LogP contribution >= 0.6 is 11.6 Å². The first kappa shape index (κ1) is 14.0. The molecule has 0 saturated heterocycles. The normalized spacial score (nSPS) is 14.1. The van der Waals surface area contributed by atoms with E-state index in [-0.39, 0.29) is 12.6 Å². The van der Waals surface area contributed by atoms with Gasteiger partial charge in [-0.15, -0.1) is 0 Å². The zero-order valence-electron chi connectivity index (χ0n) is 10.1. The zero-order chi connectivity index (χ0) is 12.9. The van der Waals surface area contributed by atoms with E-state index in [2.05, 4.69) is 0 Å². The summed E-state index contributed by atoms with van der Waals surface area (Å²) in [5.41, 5.74) is -0.0237. The molecule has 1 aromatic carbocycles. The fraction of sp³-hybridized carbons (Fsp3) is 0.462. The molecule has 0 radical (unpaired) electrons. The summed E-state index contributed by atoms with van der Waals surface area (Å²) in [6.45, 7) is 3.79. The SMILES string of the molecule is CCOC(=O)C(C)(CCO)c1ccc(Cl)cc1. The second-order valence-corrected chi connectivity index (χ2v) is 4.47. The smallest absolute Gasteiger partial charge is 0.316 e. The number of aliphatic hydroxyl groups excluding tert-OH is 1. The van der Waals surface area contributed by atoms with Crippen molar-refractivity contribution in [1.82, 2.24) is 0 Å². The second-order valence-electron chi connectivity index (χ2n) is 4.03. The molecule has 1 unspecified atom stereocenters. The Morgan fingerprint density at radius 1 is 1.41 bits per heavy atom. The van der Waals surface area contributed by atoms with E-state index in [0.29, 0.717) is 18.1 Å². The highest BCUT2D eigenvalue weighted by atomic mass is 35.5. The third-order valence-electron chi connectivity index (χ3n) is 2.82. The number of carbonyl (C=O) groups excluding carboxylic acids is 1. The third-order valence-corrected chi connectivity index (χ3v) is 3.07. The Morgan fingerprint density at radius 2 is 2.00 bits per heavy atom. The second kappa shape index (κ2) is 6.03. The van der Waals surface area contributed by atoms with E-state index in [1.54, 1.807) is 38.1 Å². The molecule has 3 nitrogen and oxygen atoms in total. The van der Waals surface area contributed by atoms with E-state index in [1.165, 1.54) is 0 Å². The summed E-state index contributed by atoms with van der Waals surface area (Å²) in [5.74, 6) is -0.323. The quantitative estimate of drug-likeness (QED) is 0.824. The summed E-state index contributed by atoms with van der Waals surface area (Å²) in [6.07, 6.45) is 0.327. The van der Waals surface area contributed by atoms with E-state index in [9.17, 15) is 4.79 Å². The Morgan fingerprint density at radius 3 is 2.47 bits per heavy atom. The maximum atomic E-state index is 12.0. The lowest BCUT2D eigenvalue weighted by Crippen LogP contribution is -2.35. The van der Waals surface area contributed by atoms with Gasteiger partial charge in [-0.25, -0.2) is 0 Å². The maximum absolute atomic E-state index is 12.0. The highest BCUT2D eigenvalue weighted by Gasteiger charge is 2.36. The molecule has 17 heavy (non-hydrogen) atoms. The van der Waals surface area contributed by atoms with E-state index >= 15 is 0 Å². The van der Waals surface area contributed by atoms with Crippen molar-refractivity contribution in [2.75, 3.05) is 13.2 Å². The van der Waals surface area contributed by atoms with Gasteiger partial charge in [-0.2, -0.15) is 0 Å². The van der Waals surface area contributed by atoms with Crippen LogP contribution in [0.25, 0.3) is 0 Å². The Kier molecular flexibility index (Phi) is 4.97. The van der Waals surface area contributed by atoms with Gasteiger partial charge < -0.3 is 9.84 Å². The minimum atomic E-state index is -0.824. The van der Waals surface area contributed by atoms with E-state index in [0.717, 1.165) is 5.56 Å². The Labute approximate surface area is 106 Å². The number of benzene rings is 1. The van der Waals surface area contributed by atoms with Gasteiger partial charge in [-0.3, -0.25) is 4.79 Å². The van der Waals surface area contributed by atoms with Gasteiger partial charge in [0.05, 0.1) is 12.0 Å². The van der Waals surface area contributed by atoms with Gasteiger partial charge in [-0.1, -0.05) is 23.7 Å². The van der Waals surface area contributed by atoms with E-state index in [1.807, 2.05) is 0 Å². The number of hydrogen-bond donors (Lipinski definition) is 1. The van der Waals surface area contributed by atoms with Crippen LogP contribution in [0.15, 0.2) is 24.3 Å². The predicted molar refractivity (Wildman–Crippen MR) is 67.1 cm³/mol. The molecule has 0 saturated carbocycles. The molecule has 4 heteroatoms. The molecule has 0 fully saturated rings. The number of halogens is 1. The van der Waals surface area contributed by atoms with Crippen LogP contribution < -0.4 is 0 Å². The Hall–Kier alpha value is -1.06. The van der Waals surface area contributed by atoms with Crippen LogP contribution in [0.2, 0.25) is 5.02 Å². The lowest BCUT2D eigenvalue weighted by Gasteiger charge is -2.27.